The van der Waals surface area contributed by atoms with Gasteiger partial charge in [-0.25, -0.2) is 0 Å². The summed E-state index contributed by atoms with van der Waals surface area (Å²) in [5.41, 5.74) is 20.3. The molecule has 108 valence electrons. The number of rotatable bonds is 3. The molecule has 0 amide bonds. The maximum Gasteiger partial charge on any atom is 0.0363 e. The van der Waals surface area contributed by atoms with E-state index in [0.29, 0.717) is 0 Å². The number of hydrogen-bond donors (Lipinski definition) is 4. The fourth-order valence-electron chi connectivity index (χ4n) is 1.99. The van der Waals surface area contributed by atoms with E-state index in [1.165, 1.54) is 0 Å². The fourth-order valence-corrected chi connectivity index (χ4v) is 2.69. The van der Waals surface area contributed by atoms with Gasteiger partial charge >= 0.3 is 0 Å². The van der Waals surface area contributed by atoms with Crippen molar-refractivity contribution in [2.75, 3.05) is 0 Å². The lowest BCUT2D eigenvalue weighted by atomic mass is 9.82. The average Bonchev–Trinajstić information content (AvgIpc) is 2.11. The van der Waals surface area contributed by atoms with E-state index in [1.807, 2.05) is 53.7 Å². The molecular formula is C15H27N3S. The largest absolute Gasteiger partial charge is 0.322 e. The van der Waals surface area contributed by atoms with Crippen LogP contribution in [0.25, 0.3) is 0 Å². The lowest BCUT2D eigenvalue weighted by Gasteiger charge is -2.31. The van der Waals surface area contributed by atoms with Crippen LogP contribution in [-0.4, -0.2) is 0 Å². The molecule has 0 aliphatic heterocycles. The van der Waals surface area contributed by atoms with E-state index >= 15 is 0 Å². The summed E-state index contributed by atoms with van der Waals surface area (Å²) in [6.07, 6.45) is 0. The van der Waals surface area contributed by atoms with Crippen LogP contribution in [0.3, 0.4) is 0 Å². The van der Waals surface area contributed by atoms with Gasteiger partial charge in [-0.2, -0.15) is 0 Å². The van der Waals surface area contributed by atoms with E-state index in [9.17, 15) is 0 Å². The third kappa shape index (κ3) is 3.72. The summed E-state index contributed by atoms with van der Waals surface area (Å²) in [6.45, 7) is 11.8. The zero-order valence-corrected chi connectivity index (χ0v) is 13.7. The Kier molecular flexibility index (Phi) is 4.15. The van der Waals surface area contributed by atoms with Crippen LogP contribution >= 0.6 is 12.6 Å². The summed E-state index contributed by atoms with van der Waals surface area (Å²) < 4.78 is 0. The standard InChI is InChI=1S/C15H27N3S/c1-13(2,16)9-7-10(14(3,4)17)12(19)11(8-9)15(5,6)18/h7-8,19H,16-18H2,1-6H3. The first-order valence-electron chi connectivity index (χ1n) is 6.49. The third-order valence-corrected chi connectivity index (χ3v) is 3.72. The summed E-state index contributed by atoms with van der Waals surface area (Å²) in [5, 5.41) is 0. The molecule has 6 N–H and O–H groups in total. The minimum atomic E-state index is -0.488. The molecule has 3 nitrogen and oxygen atoms in total. The van der Waals surface area contributed by atoms with Gasteiger partial charge in [-0.1, -0.05) is 12.1 Å². The van der Waals surface area contributed by atoms with Gasteiger partial charge < -0.3 is 17.2 Å². The lowest BCUT2D eigenvalue weighted by Crippen LogP contribution is -2.36. The summed E-state index contributed by atoms with van der Waals surface area (Å²) in [6, 6.07) is 4.08. The topological polar surface area (TPSA) is 78.1 Å². The van der Waals surface area contributed by atoms with E-state index in [2.05, 4.69) is 12.6 Å². The number of thiol groups is 1. The second-order valence-electron chi connectivity index (χ2n) is 7.09. The molecule has 4 heteroatoms. The molecule has 0 saturated heterocycles. The van der Waals surface area contributed by atoms with Gasteiger partial charge in [0.2, 0.25) is 0 Å². The quantitative estimate of drug-likeness (QED) is 0.643. The molecule has 0 saturated carbocycles. The molecule has 0 unspecified atom stereocenters. The summed E-state index contributed by atoms with van der Waals surface area (Å²) in [4.78, 5) is 0.855. The summed E-state index contributed by atoms with van der Waals surface area (Å²) >= 11 is 4.64. The zero-order chi connectivity index (χ0) is 15.2. The van der Waals surface area contributed by atoms with Crippen LogP contribution in [-0.2, 0) is 16.6 Å². The van der Waals surface area contributed by atoms with Crippen LogP contribution in [0.4, 0.5) is 0 Å². The molecule has 1 aromatic rings. The molecular weight excluding hydrogens is 254 g/mol. The normalized spacial score (nSPS) is 13.8. The highest BCUT2D eigenvalue weighted by atomic mass is 32.1. The maximum absolute atomic E-state index is 6.25. The Balaban J connectivity index is 3.68. The van der Waals surface area contributed by atoms with Crippen molar-refractivity contribution in [1.82, 2.24) is 0 Å². The van der Waals surface area contributed by atoms with E-state index in [1.54, 1.807) is 0 Å². The summed E-state index contributed by atoms with van der Waals surface area (Å²) in [7, 11) is 0. The molecule has 1 rings (SSSR count). The first kappa shape index (κ1) is 16.5. The maximum atomic E-state index is 6.25. The molecule has 0 aliphatic carbocycles. The molecule has 0 fully saturated rings. The zero-order valence-electron chi connectivity index (χ0n) is 12.8. The molecule has 0 heterocycles. The Bertz CT molecular complexity index is 439. The Morgan fingerprint density at radius 1 is 0.737 bits per heavy atom. The van der Waals surface area contributed by atoms with Gasteiger partial charge in [0, 0.05) is 21.5 Å². The van der Waals surface area contributed by atoms with E-state index < -0.39 is 16.6 Å². The minimum Gasteiger partial charge on any atom is -0.322 e. The minimum absolute atomic E-state index is 0.443. The van der Waals surface area contributed by atoms with Crippen LogP contribution < -0.4 is 17.2 Å². The van der Waals surface area contributed by atoms with Crippen LogP contribution in [0.2, 0.25) is 0 Å². The molecule has 0 aliphatic rings. The first-order chi connectivity index (χ1) is 8.24. The highest BCUT2D eigenvalue weighted by Gasteiger charge is 2.28. The molecule has 0 radical (unpaired) electrons. The average molecular weight is 281 g/mol. The Morgan fingerprint density at radius 2 is 1.05 bits per heavy atom. The number of hydrogen-bond acceptors (Lipinski definition) is 4. The molecule has 0 spiro atoms. The first-order valence-corrected chi connectivity index (χ1v) is 6.94. The van der Waals surface area contributed by atoms with Gasteiger partial charge in [0.25, 0.3) is 0 Å². The van der Waals surface area contributed by atoms with Crippen molar-refractivity contribution < 1.29 is 0 Å². The predicted octanol–water partition coefficient (Wildman–Crippen LogP) is 2.56. The van der Waals surface area contributed by atoms with Crippen molar-refractivity contribution in [2.24, 2.45) is 17.2 Å². The van der Waals surface area contributed by atoms with Gasteiger partial charge in [-0.05, 0) is 58.2 Å². The number of benzene rings is 1. The van der Waals surface area contributed by atoms with Crippen molar-refractivity contribution in [3.8, 4) is 0 Å². The SMILES string of the molecule is CC(C)(N)c1cc(C(C)(C)N)c(S)c(C(C)(C)N)c1. The molecule has 19 heavy (non-hydrogen) atoms. The van der Waals surface area contributed by atoms with Gasteiger partial charge in [-0.15, -0.1) is 12.6 Å². The smallest absolute Gasteiger partial charge is 0.0363 e. The van der Waals surface area contributed by atoms with Crippen molar-refractivity contribution in [1.29, 1.82) is 0 Å². The summed E-state index contributed by atoms with van der Waals surface area (Å²) in [5.74, 6) is 0. The van der Waals surface area contributed by atoms with Crippen molar-refractivity contribution in [2.45, 2.75) is 63.1 Å². The molecule has 0 aromatic heterocycles. The monoisotopic (exact) mass is 281 g/mol. The van der Waals surface area contributed by atoms with Crippen LogP contribution in [0, 0.1) is 0 Å². The number of nitrogens with two attached hydrogens (primary N) is 3. The highest BCUT2D eigenvalue weighted by Crippen LogP contribution is 2.35. The van der Waals surface area contributed by atoms with E-state index in [-0.39, 0.29) is 0 Å². The fraction of sp³-hybridized carbons (Fsp3) is 0.600. The Hall–Kier alpha value is -0.550. The second kappa shape index (κ2) is 4.77. The van der Waals surface area contributed by atoms with Crippen molar-refractivity contribution in [3.05, 3.63) is 28.8 Å². The third-order valence-electron chi connectivity index (χ3n) is 3.24. The molecule has 1 aromatic carbocycles. The van der Waals surface area contributed by atoms with E-state index in [4.69, 9.17) is 17.2 Å². The lowest BCUT2D eigenvalue weighted by molar-refractivity contribution is 0.499. The van der Waals surface area contributed by atoms with Gasteiger partial charge in [0.05, 0.1) is 0 Å². The van der Waals surface area contributed by atoms with Gasteiger partial charge in [-0.3, -0.25) is 0 Å². The van der Waals surface area contributed by atoms with Crippen LogP contribution in [0.1, 0.15) is 58.2 Å². The highest BCUT2D eigenvalue weighted by molar-refractivity contribution is 7.80. The molecule has 0 bridgehead atoms. The predicted molar refractivity (Wildman–Crippen MR) is 85.3 cm³/mol. The molecule has 0 atom stereocenters. The Morgan fingerprint density at radius 3 is 1.26 bits per heavy atom. The van der Waals surface area contributed by atoms with Crippen LogP contribution in [0.5, 0.6) is 0 Å². The Labute approximate surface area is 122 Å². The second-order valence-corrected chi connectivity index (χ2v) is 7.53. The van der Waals surface area contributed by atoms with E-state index in [0.717, 1.165) is 21.6 Å². The van der Waals surface area contributed by atoms with Gasteiger partial charge in [0.15, 0.2) is 0 Å². The van der Waals surface area contributed by atoms with Gasteiger partial charge in [0.1, 0.15) is 0 Å². The van der Waals surface area contributed by atoms with Crippen molar-refractivity contribution >= 4 is 12.6 Å². The van der Waals surface area contributed by atoms with Crippen molar-refractivity contribution in [3.63, 3.8) is 0 Å². The van der Waals surface area contributed by atoms with Crippen LogP contribution in [0.15, 0.2) is 17.0 Å².